The zero-order valence-corrected chi connectivity index (χ0v) is 15.7. The number of alkyl halides is 3. The van der Waals surface area contributed by atoms with Gasteiger partial charge in [0.2, 0.25) is 10.0 Å². The minimum Gasteiger partial charge on any atom is -0.460 e. The molecule has 0 saturated carbocycles. The summed E-state index contributed by atoms with van der Waals surface area (Å²) in [5.74, 6) is -0.996. The van der Waals surface area contributed by atoms with E-state index < -0.39 is 40.9 Å². The van der Waals surface area contributed by atoms with E-state index in [4.69, 9.17) is 4.74 Å². The monoisotopic (exact) mass is 413 g/mol. The Morgan fingerprint density at radius 2 is 1.75 bits per heavy atom. The highest BCUT2D eigenvalue weighted by Gasteiger charge is 2.33. The SMILES string of the molecule is Cc1ccc(/C=C/S(=O)(=O)NCC(=O)OCc2ccccc2C(F)(F)F)cc1. The fraction of sp³-hybridized carbons (Fsp3) is 0.211. The van der Waals surface area contributed by atoms with Gasteiger partial charge in [-0.15, -0.1) is 0 Å². The van der Waals surface area contributed by atoms with Gasteiger partial charge in [0.1, 0.15) is 13.2 Å². The summed E-state index contributed by atoms with van der Waals surface area (Å²) in [5, 5.41) is 0.893. The van der Waals surface area contributed by atoms with Gasteiger partial charge in [-0.05, 0) is 24.6 Å². The van der Waals surface area contributed by atoms with Crippen molar-refractivity contribution >= 4 is 22.1 Å². The molecule has 2 aromatic carbocycles. The number of rotatable bonds is 7. The average molecular weight is 413 g/mol. The number of ether oxygens (including phenoxy) is 1. The van der Waals surface area contributed by atoms with E-state index in [2.05, 4.69) is 0 Å². The number of carbonyl (C=O) groups is 1. The summed E-state index contributed by atoms with van der Waals surface area (Å²) in [6.45, 7) is 0.578. The van der Waals surface area contributed by atoms with Crippen molar-refractivity contribution in [2.24, 2.45) is 0 Å². The summed E-state index contributed by atoms with van der Waals surface area (Å²) < 4.78 is 69.2. The van der Waals surface area contributed by atoms with Crippen LogP contribution in [0.1, 0.15) is 22.3 Å². The fourth-order valence-electron chi connectivity index (χ4n) is 2.19. The van der Waals surface area contributed by atoms with Crippen LogP contribution in [0.4, 0.5) is 13.2 Å². The Hall–Kier alpha value is -2.65. The van der Waals surface area contributed by atoms with E-state index in [1.807, 2.05) is 23.8 Å². The molecule has 0 heterocycles. The molecule has 0 spiro atoms. The first-order chi connectivity index (χ1) is 13.1. The number of aryl methyl sites for hydroxylation is 1. The Kier molecular flexibility index (Phi) is 6.98. The van der Waals surface area contributed by atoms with Gasteiger partial charge in [0, 0.05) is 11.0 Å². The molecular weight excluding hydrogens is 395 g/mol. The highest BCUT2D eigenvalue weighted by Crippen LogP contribution is 2.32. The molecule has 0 fully saturated rings. The molecule has 0 aliphatic heterocycles. The van der Waals surface area contributed by atoms with Crippen LogP contribution in [-0.2, 0) is 32.3 Å². The van der Waals surface area contributed by atoms with Gasteiger partial charge in [-0.1, -0.05) is 48.0 Å². The molecule has 9 heteroatoms. The maximum absolute atomic E-state index is 12.9. The van der Waals surface area contributed by atoms with Crippen molar-refractivity contribution in [3.05, 3.63) is 76.2 Å². The number of sulfonamides is 1. The second kappa shape index (κ2) is 9.03. The molecule has 1 N–H and O–H groups in total. The first-order valence-electron chi connectivity index (χ1n) is 8.12. The van der Waals surface area contributed by atoms with Crippen molar-refractivity contribution in [1.82, 2.24) is 4.72 Å². The summed E-state index contributed by atoms with van der Waals surface area (Å²) in [7, 11) is -3.91. The van der Waals surface area contributed by atoms with Crippen LogP contribution >= 0.6 is 0 Å². The van der Waals surface area contributed by atoms with Crippen LogP contribution in [0, 0.1) is 6.92 Å². The lowest BCUT2D eigenvalue weighted by Gasteiger charge is -2.12. The number of benzene rings is 2. The molecule has 2 rings (SSSR count). The summed E-state index contributed by atoms with van der Waals surface area (Å²) >= 11 is 0. The number of nitrogens with one attached hydrogen (secondary N) is 1. The van der Waals surface area contributed by atoms with Gasteiger partial charge in [0.15, 0.2) is 0 Å². The number of hydrogen-bond acceptors (Lipinski definition) is 4. The Labute approximate surface area is 160 Å². The third kappa shape index (κ3) is 6.82. The lowest BCUT2D eigenvalue weighted by atomic mass is 10.1. The molecule has 0 atom stereocenters. The van der Waals surface area contributed by atoms with Crippen molar-refractivity contribution in [3.63, 3.8) is 0 Å². The average Bonchev–Trinajstić information content (AvgIpc) is 2.64. The van der Waals surface area contributed by atoms with Gasteiger partial charge in [-0.25, -0.2) is 13.1 Å². The third-order valence-corrected chi connectivity index (χ3v) is 4.69. The molecule has 150 valence electrons. The van der Waals surface area contributed by atoms with Crippen molar-refractivity contribution in [2.75, 3.05) is 6.54 Å². The Bertz CT molecular complexity index is 952. The smallest absolute Gasteiger partial charge is 0.416 e. The number of hydrogen-bond donors (Lipinski definition) is 1. The van der Waals surface area contributed by atoms with Gasteiger partial charge < -0.3 is 4.74 Å². The topological polar surface area (TPSA) is 72.5 Å². The van der Waals surface area contributed by atoms with Crippen LogP contribution < -0.4 is 4.72 Å². The Morgan fingerprint density at radius 3 is 2.39 bits per heavy atom. The van der Waals surface area contributed by atoms with Crippen molar-refractivity contribution in [1.29, 1.82) is 0 Å². The maximum Gasteiger partial charge on any atom is 0.416 e. The van der Waals surface area contributed by atoms with E-state index in [1.165, 1.54) is 24.3 Å². The second-order valence-electron chi connectivity index (χ2n) is 5.90. The largest absolute Gasteiger partial charge is 0.460 e. The summed E-state index contributed by atoms with van der Waals surface area (Å²) in [6.07, 6.45) is -3.22. The highest BCUT2D eigenvalue weighted by atomic mass is 32.2. The van der Waals surface area contributed by atoms with Gasteiger partial charge >= 0.3 is 12.1 Å². The van der Waals surface area contributed by atoms with Gasteiger partial charge in [0.25, 0.3) is 0 Å². The van der Waals surface area contributed by atoms with Gasteiger partial charge in [-0.3, -0.25) is 4.79 Å². The summed E-state index contributed by atoms with van der Waals surface area (Å²) in [4.78, 5) is 11.7. The van der Waals surface area contributed by atoms with E-state index in [9.17, 15) is 26.4 Å². The van der Waals surface area contributed by atoms with Crippen molar-refractivity contribution in [2.45, 2.75) is 19.7 Å². The van der Waals surface area contributed by atoms with Crippen molar-refractivity contribution < 1.29 is 31.1 Å². The molecule has 5 nitrogen and oxygen atoms in total. The zero-order chi connectivity index (χ0) is 20.8. The van der Waals surface area contributed by atoms with E-state index in [1.54, 1.807) is 12.1 Å². The molecule has 28 heavy (non-hydrogen) atoms. The summed E-state index contributed by atoms with van der Waals surface area (Å²) in [5.41, 5.74) is 0.546. The van der Waals surface area contributed by atoms with Crippen LogP contribution in [0.3, 0.4) is 0 Å². The van der Waals surface area contributed by atoms with Crippen LogP contribution in [0.25, 0.3) is 6.08 Å². The highest BCUT2D eigenvalue weighted by molar-refractivity contribution is 7.92. The quantitative estimate of drug-likeness (QED) is 0.704. The van der Waals surface area contributed by atoms with Crippen LogP contribution in [0.2, 0.25) is 0 Å². The van der Waals surface area contributed by atoms with Crippen molar-refractivity contribution in [3.8, 4) is 0 Å². The lowest BCUT2D eigenvalue weighted by molar-refractivity contribution is -0.146. The minimum absolute atomic E-state index is 0.217. The number of halogens is 3. The van der Waals surface area contributed by atoms with Crippen LogP contribution in [0.15, 0.2) is 53.9 Å². The minimum atomic E-state index is -4.58. The molecule has 0 aliphatic carbocycles. The molecule has 0 radical (unpaired) electrons. The number of carbonyl (C=O) groups excluding carboxylic acids is 1. The van der Waals surface area contributed by atoms with Crippen LogP contribution in [-0.4, -0.2) is 20.9 Å². The third-order valence-electron chi connectivity index (χ3n) is 3.65. The molecule has 2 aromatic rings. The molecular formula is C19H18F3NO4S. The number of esters is 1. The van der Waals surface area contributed by atoms with E-state index in [-0.39, 0.29) is 5.56 Å². The van der Waals surface area contributed by atoms with Gasteiger partial charge in [-0.2, -0.15) is 13.2 Å². The fourth-order valence-corrected chi connectivity index (χ4v) is 2.94. The Balaban J connectivity index is 1.89. The van der Waals surface area contributed by atoms with Gasteiger partial charge in [0.05, 0.1) is 5.56 Å². The molecule has 0 aliphatic rings. The van der Waals surface area contributed by atoms with E-state index >= 15 is 0 Å². The predicted octanol–water partition coefficient (Wildman–Crippen LogP) is 3.65. The Morgan fingerprint density at radius 1 is 1.11 bits per heavy atom. The normalized spacial score (nSPS) is 12.3. The molecule has 0 amide bonds. The second-order valence-corrected chi connectivity index (χ2v) is 7.55. The lowest BCUT2D eigenvalue weighted by Crippen LogP contribution is -2.29. The predicted molar refractivity (Wildman–Crippen MR) is 98.4 cm³/mol. The maximum atomic E-state index is 12.9. The summed E-state index contributed by atoms with van der Waals surface area (Å²) in [6, 6.07) is 11.8. The molecule has 0 aromatic heterocycles. The molecule has 0 bridgehead atoms. The van der Waals surface area contributed by atoms with E-state index in [0.29, 0.717) is 5.56 Å². The van der Waals surface area contributed by atoms with E-state index in [0.717, 1.165) is 17.0 Å². The van der Waals surface area contributed by atoms with Crippen LogP contribution in [0.5, 0.6) is 0 Å². The standard InChI is InChI=1S/C19H18F3NO4S/c1-14-6-8-15(9-7-14)10-11-28(25,26)23-12-18(24)27-13-16-4-2-3-5-17(16)19(20,21)22/h2-11,23H,12-13H2,1H3/b11-10+. The zero-order valence-electron chi connectivity index (χ0n) is 14.9. The first kappa shape index (κ1) is 21.6. The molecule has 0 unspecified atom stereocenters. The first-order valence-corrected chi connectivity index (χ1v) is 9.66. The molecule has 0 saturated heterocycles.